The Labute approximate surface area is 342 Å². The summed E-state index contributed by atoms with van der Waals surface area (Å²) < 4.78 is 45.3. The van der Waals surface area contributed by atoms with Crippen LogP contribution < -0.4 is 0 Å². The monoisotopic (exact) mass is 824 g/mol. The first-order valence-corrected chi connectivity index (χ1v) is 19.4. The average molecular weight is 825 g/mol. The summed E-state index contributed by atoms with van der Waals surface area (Å²) in [6.07, 6.45) is -1.23. The molecule has 0 aromatic heterocycles. The Kier molecular flexibility index (Phi) is 13.3. The number of rotatable bonds is 9. The van der Waals surface area contributed by atoms with Crippen molar-refractivity contribution >= 4 is 41.8 Å². The van der Waals surface area contributed by atoms with Crippen LogP contribution in [0.25, 0.3) is 0 Å². The number of hydrogen-bond acceptors (Lipinski definition) is 16. The van der Waals surface area contributed by atoms with E-state index in [9.17, 15) is 38.7 Å². The van der Waals surface area contributed by atoms with E-state index < -0.39 is 108 Å². The summed E-state index contributed by atoms with van der Waals surface area (Å²) in [7, 11) is 1.09. The molecule has 320 valence electrons. The van der Waals surface area contributed by atoms with Crippen molar-refractivity contribution in [2.75, 3.05) is 7.11 Å². The number of carbonyl (C=O) groups is 7. The van der Waals surface area contributed by atoms with Gasteiger partial charge in [-0.3, -0.25) is 4.79 Å². The Morgan fingerprint density at radius 1 is 0.983 bits per heavy atom. The van der Waals surface area contributed by atoms with Crippen LogP contribution in [-0.4, -0.2) is 108 Å². The van der Waals surface area contributed by atoms with Crippen molar-refractivity contribution in [2.24, 2.45) is 11.8 Å². The molecule has 0 amide bonds. The molecule has 3 fully saturated rings. The maximum atomic E-state index is 14.1. The van der Waals surface area contributed by atoms with Gasteiger partial charge in [0, 0.05) is 35.6 Å². The number of allylic oxidation sites excluding steroid dienone is 4. The van der Waals surface area contributed by atoms with Crippen molar-refractivity contribution in [3.05, 3.63) is 70.9 Å². The van der Waals surface area contributed by atoms with E-state index in [0.717, 1.165) is 26.5 Å². The van der Waals surface area contributed by atoms with Gasteiger partial charge in [-0.05, 0) is 73.3 Å². The van der Waals surface area contributed by atoms with Crippen molar-refractivity contribution < 1.29 is 76.6 Å². The van der Waals surface area contributed by atoms with Gasteiger partial charge in [0.05, 0.1) is 30.1 Å². The molecule has 16 nitrogen and oxygen atoms in total. The van der Waals surface area contributed by atoms with Gasteiger partial charge in [-0.1, -0.05) is 37.0 Å². The summed E-state index contributed by atoms with van der Waals surface area (Å²) in [6, 6.07) is 0. The number of epoxide rings is 1. The van der Waals surface area contributed by atoms with Crippen LogP contribution in [0.3, 0.4) is 0 Å². The minimum Gasteiger partial charge on any atom is -0.466 e. The van der Waals surface area contributed by atoms with Crippen LogP contribution in [0.15, 0.2) is 70.9 Å². The van der Waals surface area contributed by atoms with E-state index >= 15 is 0 Å². The molecule has 16 heteroatoms. The highest BCUT2D eigenvalue weighted by molar-refractivity contribution is 5.94. The van der Waals surface area contributed by atoms with Gasteiger partial charge in [-0.2, -0.15) is 0 Å². The Morgan fingerprint density at radius 3 is 2.29 bits per heavy atom. The lowest BCUT2D eigenvalue weighted by Gasteiger charge is -2.36. The van der Waals surface area contributed by atoms with Crippen molar-refractivity contribution in [3.8, 4) is 0 Å². The Balaban J connectivity index is 1.45. The molecule has 3 saturated heterocycles. The van der Waals surface area contributed by atoms with Crippen LogP contribution >= 0.6 is 0 Å². The van der Waals surface area contributed by atoms with Gasteiger partial charge in [0.15, 0.2) is 17.8 Å². The fourth-order valence-corrected chi connectivity index (χ4v) is 7.71. The van der Waals surface area contributed by atoms with Gasteiger partial charge in [0.25, 0.3) is 0 Å². The normalized spacial score (nSPS) is 35.0. The highest BCUT2D eigenvalue weighted by atomic mass is 16.7. The van der Waals surface area contributed by atoms with E-state index in [1.54, 1.807) is 39.0 Å². The maximum absolute atomic E-state index is 14.1. The zero-order valence-electron chi connectivity index (χ0n) is 34.5. The highest BCUT2D eigenvalue weighted by Gasteiger charge is 2.65. The zero-order chi connectivity index (χ0) is 43.7. The third kappa shape index (κ3) is 9.28. The van der Waals surface area contributed by atoms with E-state index in [4.69, 9.17) is 37.9 Å². The predicted octanol–water partition coefficient (Wildman–Crippen LogP) is 3.69. The molecule has 0 saturated carbocycles. The molecule has 0 radical (unpaired) electrons. The molecule has 5 rings (SSSR count). The fraction of sp³-hybridized carbons (Fsp3) is 0.558. The maximum Gasteiger partial charge on any atom is 0.342 e. The highest BCUT2D eigenvalue weighted by Crippen LogP contribution is 2.51. The summed E-state index contributed by atoms with van der Waals surface area (Å²) in [6.45, 7) is 17.9. The van der Waals surface area contributed by atoms with Crippen molar-refractivity contribution in [2.45, 2.75) is 135 Å². The van der Waals surface area contributed by atoms with Crippen LogP contribution in [0.4, 0.5) is 0 Å². The van der Waals surface area contributed by atoms with Gasteiger partial charge in [0.1, 0.15) is 30.5 Å². The lowest BCUT2D eigenvalue weighted by atomic mass is 9.80. The summed E-state index contributed by atoms with van der Waals surface area (Å²) in [5.41, 5.74) is -2.60. The lowest BCUT2D eigenvalue weighted by Crippen LogP contribution is -2.53. The third-order valence-corrected chi connectivity index (χ3v) is 11.6. The van der Waals surface area contributed by atoms with Gasteiger partial charge in [-0.15, -0.1) is 0 Å². The smallest absolute Gasteiger partial charge is 0.342 e. The number of hydrogen-bond donors (Lipinski definition) is 1. The van der Waals surface area contributed by atoms with Crippen LogP contribution in [0, 0.1) is 11.8 Å². The van der Waals surface area contributed by atoms with Gasteiger partial charge in [0.2, 0.25) is 0 Å². The molecular weight excluding hydrogens is 772 g/mol. The Bertz CT molecular complexity index is 1950. The summed E-state index contributed by atoms with van der Waals surface area (Å²) in [5, 5.41) is 11.8. The molecule has 0 spiro atoms. The van der Waals surface area contributed by atoms with Crippen LogP contribution in [0.5, 0.6) is 0 Å². The number of fused-ring (bicyclic) bond motifs is 4. The first kappa shape index (κ1) is 44.7. The molecule has 0 bridgehead atoms. The van der Waals surface area contributed by atoms with E-state index in [2.05, 4.69) is 13.2 Å². The summed E-state index contributed by atoms with van der Waals surface area (Å²) in [4.78, 5) is 92.8. The largest absolute Gasteiger partial charge is 0.466 e. The number of methoxy groups -OCH3 is 1. The number of esters is 7. The van der Waals surface area contributed by atoms with Crippen LogP contribution in [-0.2, 0) is 71.5 Å². The van der Waals surface area contributed by atoms with Gasteiger partial charge < -0.3 is 43.0 Å². The number of ether oxygens (including phenoxy) is 8. The lowest BCUT2D eigenvalue weighted by molar-refractivity contribution is -0.194. The molecule has 0 aromatic rings. The summed E-state index contributed by atoms with van der Waals surface area (Å²) in [5.74, 6) is -8.41. The Hall–Kier alpha value is -5.35. The summed E-state index contributed by atoms with van der Waals surface area (Å²) >= 11 is 0. The van der Waals surface area contributed by atoms with Crippen LogP contribution in [0.1, 0.15) is 80.6 Å². The molecule has 1 N–H and O–H groups in total. The van der Waals surface area contributed by atoms with E-state index in [1.807, 2.05) is 6.92 Å². The molecule has 5 aliphatic rings. The number of carbonyl (C=O) groups excluding carboxylic acids is 7. The molecule has 11 atom stereocenters. The fourth-order valence-electron chi connectivity index (χ4n) is 7.71. The molecule has 2 aliphatic carbocycles. The van der Waals surface area contributed by atoms with E-state index in [0.29, 0.717) is 19.3 Å². The third-order valence-electron chi connectivity index (χ3n) is 11.6. The quantitative estimate of drug-likeness (QED) is 0.115. The van der Waals surface area contributed by atoms with Crippen molar-refractivity contribution in [3.63, 3.8) is 0 Å². The standard InChI is InChI=1S/C43H52O16/c1-11-21(3)36(45)55-29-19-26(15-12-14-20(2)18-28-30(29)22(4)37(46)56-28)39(48)53-24(6)43(9,51)41(50)58-32-27(40(49)52-10)16-13-17-42(8)35(59-42)34-31(23(5)38(47)57-34)33(32)54-25(7)44/h11,15-16,18,24,28-35,51H,4-5,12-14,17,19H2,1-3,6-10H3/b20-18-,21-11-,26-15+,27-16+/t24-,28-,29-,30+,31-,32+,33+,34+,35-,42-,43+/m1/s1. The van der Waals surface area contributed by atoms with E-state index in [-0.39, 0.29) is 40.7 Å². The second kappa shape index (κ2) is 17.5. The molecular formula is C43H52O16. The van der Waals surface area contributed by atoms with Crippen LogP contribution in [0.2, 0.25) is 0 Å². The van der Waals surface area contributed by atoms with E-state index in [1.165, 1.54) is 13.0 Å². The predicted molar refractivity (Wildman–Crippen MR) is 204 cm³/mol. The first-order chi connectivity index (χ1) is 27.6. The first-order valence-electron chi connectivity index (χ1n) is 19.4. The molecule has 0 unspecified atom stereocenters. The van der Waals surface area contributed by atoms with Gasteiger partial charge >= 0.3 is 41.8 Å². The second-order valence-corrected chi connectivity index (χ2v) is 15.9. The van der Waals surface area contributed by atoms with Crippen molar-refractivity contribution in [1.29, 1.82) is 0 Å². The topological polar surface area (TPSA) is 217 Å². The Morgan fingerprint density at radius 2 is 1.64 bits per heavy atom. The molecule has 3 aliphatic heterocycles. The molecule has 0 aromatic carbocycles. The average Bonchev–Trinajstić information content (AvgIpc) is 3.64. The zero-order valence-corrected chi connectivity index (χ0v) is 34.5. The minimum atomic E-state index is -2.63. The molecule has 3 heterocycles. The SMILES string of the molecule is C=C1C(=O)O[C@H]2[C@H]1[C@H](OC(C)=O)[C@@H](OC(=O)[C@@](C)(O)[C@@H](C)OC(=O)/C1=C/CC/C(C)=C\[C@H]3OC(=O)C(=C)[C@@H]3[C@H](OC(=O)/C(C)=C\C)C1)/C(C(=O)OC)=C\CC[C@@]1(C)O[C@H]21. The van der Waals surface area contributed by atoms with Gasteiger partial charge in [-0.25, -0.2) is 28.8 Å². The molecule has 59 heavy (non-hydrogen) atoms. The number of aliphatic hydroxyl groups is 1. The van der Waals surface area contributed by atoms with Crippen molar-refractivity contribution in [1.82, 2.24) is 0 Å². The second-order valence-electron chi connectivity index (χ2n) is 15.9. The minimum absolute atomic E-state index is 0.0143.